The van der Waals surface area contributed by atoms with Gasteiger partial charge >= 0.3 is 24.1 Å². The van der Waals surface area contributed by atoms with Gasteiger partial charge in [-0.15, -0.1) is 0 Å². The minimum absolute atomic E-state index is 0.158. The number of hydrogen-bond donors (Lipinski definition) is 2. The first kappa shape index (κ1) is 17.3. The minimum atomic E-state index is -6.21. The van der Waals surface area contributed by atoms with Gasteiger partial charge < -0.3 is 10.4 Å². The van der Waals surface area contributed by atoms with Crippen molar-refractivity contribution in [3.8, 4) is 0 Å². The van der Waals surface area contributed by atoms with Gasteiger partial charge in [0.1, 0.15) is 0 Å². The van der Waals surface area contributed by atoms with E-state index in [1.807, 2.05) is 0 Å². The average molecular weight is 293 g/mol. The van der Waals surface area contributed by atoms with Crippen molar-refractivity contribution in [1.29, 1.82) is 0 Å². The van der Waals surface area contributed by atoms with E-state index in [9.17, 15) is 39.5 Å². The van der Waals surface area contributed by atoms with E-state index in [4.69, 9.17) is 5.11 Å². The van der Waals surface area contributed by atoms with Gasteiger partial charge in [-0.25, -0.2) is 0 Å². The summed E-state index contributed by atoms with van der Waals surface area (Å²) in [7, 11) is 0. The molecular weight excluding hydrogens is 285 g/mol. The highest BCUT2D eigenvalue weighted by molar-refractivity contribution is 4.97. The zero-order valence-electron chi connectivity index (χ0n) is 8.63. The molecule has 1 atom stereocenters. The minimum Gasteiger partial charge on any atom is -0.331 e. The predicted octanol–water partition coefficient (Wildman–Crippen LogP) is 2.38. The molecule has 0 aromatic rings. The van der Waals surface area contributed by atoms with E-state index in [1.165, 1.54) is 0 Å². The summed E-state index contributed by atoms with van der Waals surface area (Å²) in [6.07, 6.45) is -11.0. The summed E-state index contributed by atoms with van der Waals surface area (Å²) in [4.78, 5) is 0. The van der Waals surface area contributed by atoms with Gasteiger partial charge in [0.15, 0.2) is 0 Å². The summed E-state index contributed by atoms with van der Waals surface area (Å²) in [6, 6.07) is -2.94. The molecule has 0 heterocycles. The highest BCUT2D eigenvalue weighted by Gasteiger charge is 2.73. The fraction of sp³-hybridized carbons (Fsp3) is 1.00. The number of alkyl halides is 9. The summed E-state index contributed by atoms with van der Waals surface area (Å²) in [5.41, 5.74) is 0. The van der Waals surface area contributed by atoms with Crippen LogP contribution in [0.15, 0.2) is 0 Å². The van der Waals surface area contributed by atoms with E-state index in [-0.39, 0.29) is 6.92 Å². The van der Waals surface area contributed by atoms with Crippen molar-refractivity contribution in [2.75, 3.05) is 6.54 Å². The molecule has 0 radical (unpaired) electrons. The van der Waals surface area contributed by atoms with Crippen LogP contribution in [0.2, 0.25) is 0 Å². The largest absolute Gasteiger partial charge is 0.423 e. The van der Waals surface area contributed by atoms with Crippen LogP contribution < -0.4 is 5.32 Å². The van der Waals surface area contributed by atoms with Crippen molar-refractivity contribution in [3.63, 3.8) is 0 Å². The molecule has 11 heteroatoms. The van der Waals surface area contributed by atoms with Crippen molar-refractivity contribution in [2.24, 2.45) is 0 Å². The standard InChI is InChI=1S/C7H8F9NO/c1-3(17-2-4(8,9)10)5(11,12)6(13,14)7(15,16)18/h3,17-18H,2H2,1H3. The normalized spacial score (nSPS) is 16.8. The molecule has 18 heavy (non-hydrogen) atoms. The molecule has 2 N–H and O–H groups in total. The molecule has 0 saturated carbocycles. The lowest BCUT2D eigenvalue weighted by Crippen LogP contribution is -2.62. The van der Waals surface area contributed by atoms with Crippen molar-refractivity contribution >= 4 is 0 Å². The molecule has 0 aromatic carbocycles. The summed E-state index contributed by atoms with van der Waals surface area (Å²) in [5, 5.41) is 8.59. The number of aliphatic hydroxyl groups is 1. The van der Waals surface area contributed by atoms with Gasteiger partial charge in [0, 0.05) is 0 Å². The zero-order chi connectivity index (χ0) is 15.0. The Kier molecular flexibility index (Phi) is 4.57. The lowest BCUT2D eigenvalue weighted by atomic mass is 10.0. The second kappa shape index (κ2) is 4.76. The van der Waals surface area contributed by atoms with Crippen molar-refractivity contribution < 1.29 is 44.6 Å². The molecule has 0 saturated heterocycles. The van der Waals surface area contributed by atoms with E-state index in [2.05, 4.69) is 0 Å². The maximum Gasteiger partial charge on any atom is 0.423 e. The number of nitrogens with one attached hydrogen (secondary N) is 1. The topological polar surface area (TPSA) is 32.3 Å². The fourth-order valence-electron chi connectivity index (χ4n) is 0.869. The molecule has 0 aromatic heterocycles. The third kappa shape index (κ3) is 3.64. The highest BCUT2D eigenvalue weighted by atomic mass is 19.4. The van der Waals surface area contributed by atoms with Crippen LogP contribution in [0, 0.1) is 0 Å². The maximum absolute atomic E-state index is 12.8. The van der Waals surface area contributed by atoms with Gasteiger partial charge in [0.05, 0.1) is 12.6 Å². The molecule has 1 unspecified atom stereocenters. The van der Waals surface area contributed by atoms with Crippen LogP contribution in [0.5, 0.6) is 0 Å². The monoisotopic (exact) mass is 293 g/mol. The van der Waals surface area contributed by atoms with Gasteiger partial charge in [0.2, 0.25) is 0 Å². The third-order valence-corrected chi connectivity index (χ3v) is 1.95. The van der Waals surface area contributed by atoms with Crippen LogP contribution in [-0.4, -0.2) is 41.8 Å². The second-order valence-electron chi connectivity index (χ2n) is 3.46. The van der Waals surface area contributed by atoms with Gasteiger partial charge in [-0.3, -0.25) is 0 Å². The van der Waals surface area contributed by atoms with E-state index >= 15 is 0 Å². The Hall–Kier alpha value is -0.710. The van der Waals surface area contributed by atoms with E-state index in [1.54, 1.807) is 0 Å². The second-order valence-corrected chi connectivity index (χ2v) is 3.46. The summed E-state index contributed by atoms with van der Waals surface area (Å²) in [5.74, 6) is -11.8. The lowest BCUT2D eigenvalue weighted by Gasteiger charge is -2.33. The van der Waals surface area contributed by atoms with Crippen molar-refractivity contribution in [1.82, 2.24) is 5.32 Å². The van der Waals surface area contributed by atoms with Crippen LogP contribution in [0.3, 0.4) is 0 Å². The molecule has 110 valence electrons. The van der Waals surface area contributed by atoms with Crippen molar-refractivity contribution in [3.05, 3.63) is 0 Å². The SMILES string of the molecule is CC(NCC(F)(F)F)C(F)(F)C(F)(F)C(O)(F)F. The Morgan fingerprint density at radius 1 is 0.944 bits per heavy atom. The van der Waals surface area contributed by atoms with Crippen LogP contribution in [-0.2, 0) is 0 Å². The first-order valence-corrected chi connectivity index (χ1v) is 4.29. The Morgan fingerprint density at radius 2 is 1.33 bits per heavy atom. The van der Waals surface area contributed by atoms with Gasteiger partial charge in [0.25, 0.3) is 0 Å². The molecule has 0 aliphatic rings. The smallest absolute Gasteiger partial charge is 0.331 e. The van der Waals surface area contributed by atoms with Gasteiger partial charge in [-0.1, -0.05) is 0 Å². The number of rotatable bonds is 5. The molecule has 0 spiro atoms. The molecular formula is C7H8F9NO. The van der Waals surface area contributed by atoms with Crippen LogP contribution in [0.25, 0.3) is 0 Å². The molecule has 0 rings (SSSR count). The first-order valence-electron chi connectivity index (χ1n) is 4.29. The Balaban J connectivity index is 4.93. The highest BCUT2D eigenvalue weighted by Crippen LogP contribution is 2.45. The Bertz CT molecular complexity index is 282. The Labute approximate surface area is 94.8 Å². The van der Waals surface area contributed by atoms with Crippen LogP contribution >= 0.6 is 0 Å². The van der Waals surface area contributed by atoms with E-state index in [0.717, 1.165) is 5.32 Å². The summed E-state index contributed by atoms with van der Waals surface area (Å²) >= 11 is 0. The summed E-state index contributed by atoms with van der Waals surface area (Å²) in [6.45, 7) is -1.91. The zero-order valence-corrected chi connectivity index (χ0v) is 8.63. The van der Waals surface area contributed by atoms with Crippen LogP contribution in [0.1, 0.15) is 6.92 Å². The average Bonchev–Trinajstić information content (AvgIpc) is 2.10. The lowest BCUT2D eigenvalue weighted by molar-refractivity contribution is -0.387. The van der Waals surface area contributed by atoms with Crippen molar-refractivity contribution in [2.45, 2.75) is 37.1 Å². The van der Waals surface area contributed by atoms with E-state index < -0.39 is 36.7 Å². The molecule has 0 aliphatic carbocycles. The maximum atomic E-state index is 12.8. The molecule has 2 nitrogen and oxygen atoms in total. The van der Waals surface area contributed by atoms with Gasteiger partial charge in [-0.05, 0) is 6.92 Å². The van der Waals surface area contributed by atoms with Gasteiger partial charge in [-0.2, -0.15) is 39.5 Å². The molecule has 0 fully saturated rings. The molecule has 0 bridgehead atoms. The fourth-order valence-corrected chi connectivity index (χ4v) is 0.869. The summed E-state index contributed by atoms with van der Waals surface area (Å²) < 4.78 is 109. The molecule has 0 aliphatic heterocycles. The van der Waals surface area contributed by atoms with Crippen LogP contribution in [0.4, 0.5) is 39.5 Å². The number of halogens is 9. The van der Waals surface area contributed by atoms with E-state index in [0.29, 0.717) is 0 Å². The predicted molar refractivity (Wildman–Crippen MR) is 40.6 cm³/mol. The third-order valence-electron chi connectivity index (χ3n) is 1.95. The Morgan fingerprint density at radius 3 is 1.61 bits per heavy atom. The quantitative estimate of drug-likeness (QED) is 0.763. The number of hydrogen-bond acceptors (Lipinski definition) is 2. The molecule has 0 amide bonds. The first-order chi connectivity index (χ1) is 7.63.